The predicted octanol–water partition coefficient (Wildman–Crippen LogP) is 3.64. The first-order valence-corrected chi connectivity index (χ1v) is 12.5. The van der Waals surface area contributed by atoms with E-state index in [0.29, 0.717) is 23.8 Å². The van der Waals surface area contributed by atoms with E-state index in [1.165, 1.54) is 51.4 Å². The van der Waals surface area contributed by atoms with Gasteiger partial charge in [0.1, 0.15) is 5.60 Å². The van der Waals surface area contributed by atoms with Crippen molar-refractivity contribution in [3.05, 3.63) is 0 Å². The van der Waals surface area contributed by atoms with Crippen molar-refractivity contribution in [3.63, 3.8) is 0 Å². The van der Waals surface area contributed by atoms with Gasteiger partial charge in [-0.25, -0.2) is 4.79 Å². The number of hydrogen-bond acceptors (Lipinski definition) is 4. The van der Waals surface area contributed by atoms with Crippen LogP contribution < -0.4 is 0 Å². The Morgan fingerprint density at radius 3 is 2.47 bits per heavy atom. The van der Waals surface area contributed by atoms with Gasteiger partial charge in [-0.3, -0.25) is 4.79 Å². The minimum absolute atomic E-state index is 0.147. The minimum atomic E-state index is -0.360. The lowest BCUT2D eigenvalue weighted by Gasteiger charge is -2.38. The molecule has 0 N–H and O–H groups in total. The third kappa shape index (κ3) is 3.85. The highest BCUT2D eigenvalue weighted by molar-refractivity contribution is 5.83. The molecule has 2 aliphatic heterocycles. The number of nitrogens with zero attached hydrogens (tertiary/aromatic N) is 3. The Morgan fingerprint density at radius 1 is 1.10 bits per heavy atom. The number of likely N-dealkylation sites (tertiary alicyclic amines) is 1. The van der Waals surface area contributed by atoms with Gasteiger partial charge in [-0.05, 0) is 57.5 Å². The molecule has 0 unspecified atom stereocenters. The lowest BCUT2D eigenvalue weighted by atomic mass is 9.79. The molecule has 0 aromatic heterocycles. The van der Waals surface area contributed by atoms with E-state index < -0.39 is 0 Å². The Balaban J connectivity index is 1.06. The average Bonchev–Trinajstić information content (AvgIpc) is 3.44. The standard InChI is InChI=1S/C24H39N3O3/c1-25(19-7-3-2-4-8-19)13-6-14-27-18-24(30-22(27)29)11-15-26(16-12-24)21(28)20-17-23(20)9-5-10-23/h19-20H,2-18H2,1H3/t20-/m1/s1. The van der Waals surface area contributed by atoms with E-state index in [-0.39, 0.29) is 11.7 Å². The molecule has 2 spiro atoms. The highest BCUT2D eigenvalue weighted by Gasteiger charge is 2.62. The Hall–Kier alpha value is -1.30. The summed E-state index contributed by atoms with van der Waals surface area (Å²) >= 11 is 0. The van der Waals surface area contributed by atoms with Crippen molar-refractivity contribution in [2.45, 2.75) is 88.7 Å². The maximum absolute atomic E-state index is 12.8. The minimum Gasteiger partial charge on any atom is -0.441 e. The van der Waals surface area contributed by atoms with Gasteiger partial charge in [-0.15, -0.1) is 0 Å². The molecule has 0 aromatic carbocycles. The van der Waals surface area contributed by atoms with E-state index in [2.05, 4.69) is 16.8 Å². The summed E-state index contributed by atoms with van der Waals surface area (Å²) in [5.41, 5.74) is 0.0362. The van der Waals surface area contributed by atoms with Crippen LogP contribution in [0.15, 0.2) is 0 Å². The van der Waals surface area contributed by atoms with Crippen molar-refractivity contribution in [1.82, 2.24) is 14.7 Å². The van der Waals surface area contributed by atoms with Crippen LogP contribution >= 0.6 is 0 Å². The van der Waals surface area contributed by atoms with Crippen molar-refractivity contribution in [2.24, 2.45) is 11.3 Å². The van der Waals surface area contributed by atoms with Crippen molar-refractivity contribution < 1.29 is 14.3 Å². The zero-order valence-electron chi connectivity index (χ0n) is 18.7. The lowest BCUT2D eigenvalue weighted by Crippen LogP contribution is -2.49. The number of amides is 2. The molecule has 2 heterocycles. The largest absolute Gasteiger partial charge is 0.441 e. The zero-order chi connectivity index (χ0) is 20.8. The number of carbonyl (C=O) groups excluding carboxylic acids is 2. The number of rotatable bonds is 6. The van der Waals surface area contributed by atoms with E-state index in [4.69, 9.17) is 4.74 Å². The summed E-state index contributed by atoms with van der Waals surface area (Å²) in [6.45, 7) is 4.03. The molecule has 168 valence electrons. The number of piperidine rings is 1. The maximum atomic E-state index is 12.8. The molecule has 3 aliphatic carbocycles. The second-order valence-electron chi connectivity index (χ2n) is 10.9. The second-order valence-corrected chi connectivity index (χ2v) is 10.9. The van der Waals surface area contributed by atoms with E-state index in [1.807, 2.05) is 4.90 Å². The summed E-state index contributed by atoms with van der Waals surface area (Å²) in [5.74, 6) is 0.667. The van der Waals surface area contributed by atoms with Gasteiger partial charge < -0.3 is 19.4 Å². The van der Waals surface area contributed by atoms with Crippen molar-refractivity contribution in [1.29, 1.82) is 0 Å². The highest BCUT2D eigenvalue weighted by Crippen LogP contribution is 2.66. The summed E-state index contributed by atoms with van der Waals surface area (Å²) in [5, 5.41) is 0. The summed E-state index contributed by atoms with van der Waals surface area (Å²) in [7, 11) is 2.24. The van der Waals surface area contributed by atoms with Gasteiger partial charge in [0.2, 0.25) is 5.91 Å². The molecule has 2 saturated heterocycles. The van der Waals surface area contributed by atoms with Gasteiger partial charge in [0.25, 0.3) is 0 Å². The first-order valence-electron chi connectivity index (χ1n) is 12.5. The molecule has 5 fully saturated rings. The number of ether oxygens (including phenoxy) is 1. The van der Waals surface area contributed by atoms with Crippen LogP contribution in [0.1, 0.15) is 77.0 Å². The molecule has 0 radical (unpaired) electrons. The quantitative estimate of drug-likeness (QED) is 0.662. The second kappa shape index (κ2) is 7.99. The normalized spacial score (nSPS) is 30.1. The first kappa shape index (κ1) is 20.6. The predicted molar refractivity (Wildman–Crippen MR) is 115 cm³/mol. The van der Waals surface area contributed by atoms with Crippen LogP contribution in [0.3, 0.4) is 0 Å². The molecule has 3 saturated carbocycles. The summed E-state index contributed by atoms with van der Waals surface area (Å²) < 4.78 is 5.89. The molecule has 5 aliphatic rings. The third-order valence-corrected chi connectivity index (χ3v) is 9.00. The molecule has 0 aromatic rings. The fourth-order valence-electron chi connectivity index (χ4n) is 6.58. The fraction of sp³-hybridized carbons (Fsp3) is 0.917. The topological polar surface area (TPSA) is 53.1 Å². The summed E-state index contributed by atoms with van der Waals surface area (Å²) in [6, 6.07) is 0.725. The van der Waals surface area contributed by atoms with Gasteiger partial charge >= 0.3 is 6.09 Å². The van der Waals surface area contributed by atoms with Crippen molar-refractivity contribution >= 4 is 12.0 Å². The summed E-state index contributed by atoms with van der Waals surface area (Å²) in [4.78, 5) is 31.8. The van der Waals surface area contributed by atoms with Gasteiger partial charge in [0, 0.05) is 44.4 Å². The van der Waals surface area contributed by atoms with Crippen molar-refractivity contribution in [2.75, 3.05) is 39.8 Å². The molecule has 2 amide bonds. The van der Waals surface area contributed by atoms with Gasteiger partial charge in [0.15, 0.2) is 0 Å². The Morgan fingerprint density at radius 2 is 1.83 bits per heavy atom. The third-order valence-electron chi connectivity index (χ3n) is 9.00. The van der Waals surface area contributed by atoms with Gasteiger partial charge in [0.05, 0.1) is 6.54 Å². The van der Waals surface area contributed by atoms with Crippen LogP contribution in [0.4, 0.5) is 4.79 Å². The van der Waals surface area contributed by atoms with Gasteiger partial charge in [-0.2, -0.15) is 0 Å². The Bertz CT molecular complexity index is 663. The van der Waals surface area contributed by atoms with E-state index in [9.17, 15) is 9.59 Å². The van der Waals surface area contributed by atoms with Crippen LogP contribution in [0.25, 0.3) is 0 Å². The van der Waals surface area contributed by atoms with Gasteiger partial charge in [-0.1, -0.05) is 25.7 Å². The molecule has 0 bridgehead atoms. The monoisotopic (exact) mass is 417 g/mol. The first-order chi connectivity index (χ1) is 14.5. The maximum Gasteiger partial charge on any atom is 0.410 e. The van der Waals surface area contributed by atoms with Crippen molar-refractivity contribution in [3.8, 4) is 0 Å². The Labute approximate surface area is 181 Å². The van der Waals surface area contributed by atoms with E-state index >= 15 is 0 Å². The van der Waals surface area contributed by atoms with E-state index in [0.717, 1.165) is 57.9 Å². The molecular formula is C24H39N3O3. The fourth-order valence-corrected chi connectivity index (χ4v) is 6.58. The van der Waals surface area contributed by atoms with Crippen LogP contribution in [0.5, 0.6) is 0 Å². The van der Waals surface area contributed by atoms with Crippen LogP contribution in [0, 0.1) is 11.3 Å². The smallest absolute Gasteiger partial charge is 0.410 e. The molecule has 6 heteroatoms. The average molecular weight is 418 g/mol. The SMILES string of the molecule is CN(CCCN1CC2(CCN(C(=O)[C@H]3CC34CCC4)CC2)OC1=O)C1CCCCC1. The van der Waals surface area contributed by atoms with E-state index in [1.54, 1.807) is 0 Å². The highest BCUT2D eigenvalue weighted by atomic mass is 16.6. The summed E-state index contributed by atoms with van der Waals surface area (Å²) in [6.07, 6.45) is 14.1. The van der Waals surface area contributed by atoms with Crippen LogP contribution in [-0.4, -0.2) is 78.1 Å². The zero-order valence-corrected chi connectivity index (χ0v) is 18.7. The lowest BCUT2D eigenvalue weighted by molar-refractivity contribution is -0.137. The van der Waals surface area contributed by atoms with Crippen LogP contribution in [0.2, 0.25) is 0 Å². The van der Waals surface area contributed by atoms with Crippen LogP contribution in [-0.2, 0) is 9.53 Å². The Kier molecular flexibility index (Phi) is 5.49. The molecule has 1 atom stereocenters. The molecule has 5 rings (SSSR count). The number of hydrogen-bond donors (Lipinski definition) is 0. The molecule has 30 heavy (non-hydrogen) atoms. The number of carbonyl (C=O) groups is 2. The molecule has 6 nitrogen and oxygen atoms in total. The molecular weight excluding hydrogens is 378 g/mol.